The van der Waals surface area contributed by atoms with Crippen molar-refractivity contribution in [3.8, 4) is 11.3 Å². The van der Waals surface area contributed by atoms with Crippen LogP contribution in [-0.4, -0.2) is 5.11 Å². The Hall–Kier alpha value is -2.36. The second kappa shape index (κ2) is 7.47. The average molecular weight is 321 g/mol. The Morgan fingerprint density at radius 3 is 2.29 bits per heavy atom. The Kier molecular flexibility index (Phi) is 5.14. The topological polar surface area (TPSA) is 45.4 Å². The molecule has 3 nitrogen and oxygen atoms in total. The van der Waals surface area contributed by atoms with Gasteiger partial charge in [-0.1, -0.05) is 54.1 Å². The van der Waals surface area contributed by atoms with E-state index in [1.54, 1.807) is 6.92 Å². The zero-order chi connectivity index (χ0) is 16.9. The minimum absolute atomic E-state index is 0.447. The number of hydrogen-bond donors (Lipinski definition) is 2. The molecule has 1 atom stereocenters. The third-order valence-corrected chi connectivity index (χ3v) is 4.09. The molecule has 1 heterocycles. The molecule has 0 amide bonds. The maximum atomic E-state index is 9.56. The van der Waals surface area contributed by atoms with Crippen LogP contribution in [0.25, 0.3) is 11.3 Å². The molecule has 0 bridgehead atoms. The second-order valence-corrected chi connectivity index (χ2v) is 6.15. The number of benzene rings is 2. The highest BCUT2D eigenvalue weighted by molar-refractivity contribution is 5.58. The molecule has 0 fully saturated rings. The standard InChI is InChI=1S/C21H23NO2/c1-15-3-5-17(6-4-15)13-22-14-20-11-12-21(24-20)19-9-7-18(8-10-19)16(2)23/h3-12,16,22-23H,13-14H2,1-2H3. The molecule has 24 heavy (non-hydrogen) atoms. The van der Waals surface area contributed by atoms with Gasteiger partial charge in [-0.3, -0.25) is 0 Å². The molecule has 0 saturated heterocycles. The molecular weight excluding hydrogens is 298 g/mol. The maximum Gasteiger partial charge on any atom is 0.134 e. The molecular formula is C21H23NO2. The van der Waals surface area contributed by atoms with Gasteiger partial charge in [0.25, 0.3) is 0 Å². The summed E-state index contributed by atoms with van der Waals surface area (Å²) in [5.41, 5.74) is 4.46. The summed E-state index contributed by atoms with van der Waals surface area (Å²) in [7, 11) is 0. The summed E-state index contributed by atoms with van der Waals surface area (Å²) in [6.45, 7) is 5.37. The number of aliphatic hydroxyl groups excluding tert-OH is 1. The Labute approximate surface area is 143 Å². The lowest BCUT2D eigenvalue weighted by molar-refractivity contribution is 0.199. The number of furan rings is 1. The van der Waals surface area contributed by atoms with Crippen molar-refractivity contribution in [3.63, 3.8) is 0 Å². The summed E-state index contributed by atoms with van der Waals surface area (Å²) in [6.07, 6.45) is -0.447. The van der Waals surface area contributed by atoms with Crippen molar-refractivity contribution in [1.29, 1.82) is 0 Å². The molecule has 2 N–H and O–H groups in total. The predicted octanol–water partition coefficient (Wildman–Crippen LogP) is 4.60. The van der Waals surface area contributed by atoms with E-state index in [0.717, 1.165) is 29.2 Å². The maximum absolute atomic E-state index is 9.56. The summed E-state index contributed by atoms with van der Waals surface area (Å²) in [4.78, 5) is 0. The van der Waals surface area contributed by atoms with Gasteiger partial charge in [-0.15, -0.1) is 0 Å². The van der Waals surface area contributed by atoms with Crippen LogP contribution in [-0.2, 0) is 13.1 Å². The first kappa shape index (κ1) is 16.5. The fourth-order valence-corrected chi connectivity index (χ4v) is 2.59. The van der Waals surface area contributed by atoms with E-state index in [0.29, 0.717) is 6.54 Å². The highest BCUT2D eigenvalue weighted by atomic mass is 16.3. The molecule has 3 heteroatoms. The third kappa shape index (κ3) is 4.13. The van der Waals surface area contributed by atoms with Crippen LogP contribution in [0.4, 0.5) is 0 Å². The van der Waals surface area contributed by atoms with E-state index in [-0.39, 0.29) is 0 Å². The fourth-order valence-electron chi connectivity index (χ4n) is 2.59. The van der Waals surface area contributed by atoms with Gasteiger partial charge in [0, 0.05) is 12.1 Å². The lowest BCUT2D eigenvalue weighted by atomic mass is 10.1. The van der Waals surface area contributed by atoms with Gasteiger partial charge in [-0.2, -0.15) is 0 Å². The van der Waals surface area contributed by atoms with Gasteiger partial charge < -0.3 is 14.8 Å². The summed E-state index contributed by atoms with van der Waals surface area (Å²) >= 11 is 0. The molecule has 0 aliphatic carbocycles. The van der Waals surface area contributed by atoms with E-state index >= 15 is 0 Å². The molecule has 1 aromatic heterocycles. The zero-order valence-electron chi connectivity index (χ0n) is 14.1. The minimum Gasteiger partial charge on any atom is -0.460 e. The molecule has 124 valence electrons. The lowest BCUT2D eigenvalue weighted by Crippen LogP contribution is -2.11. The molecule has 0 aliphatic heterocycles. The van der Waals surface area contributed by atoms with Crippen molar-refractivity contribution >= 4 is 0 Å². The first-order valence-corrected chi connectivity index (χ1v) is 8.25. The summed E-state index contributed by atoms with van der Waals surface area (Å²) in [5.74, 6) is 1.76. The van der Waals surface area contributed by atoms with Crippen LogP contribution in [0.15, 0.2) is 65.1 Å². The van der Waals surface area contributed by atoms with E-state index in [2.05, 4.69) is 36.5 Å². The number of aliphatic hydroxyl groups is 1. The van der Waals surface area contributed by atoms with Crippen LogP contribution >= 0.6 is 0 Å². The van der Waals surface area contributed by atoms with Gasteiger partial charge in [-0.25, -0.2) is 0 Å². The fraction of sp³-hybridized carbons (Fsp3) is 0.238. The van der Waals surface area contributed by atoms with E-state index in [1.807, 2.05) is 36.4 Å². The number of nitrogens with one attached hydrogen (secondary N) is 1. The third-order valence-electron chi connectivity index (χ3n) is 4.09. The SMILES string of the molecule is Cc1ccc(CNCc2ccc(-c3ccc(C(C)O)cc3)o2)cc1. The summed E-state index contributed by atoms with van der Waals surface area (Å²) in [6, 6.07) is 20.3. The second-order valence-electron chi connectivity index (χ2n) is 6.15. The van der Waals surface area contributed by atoms with Crippen LogP contribution in [0, 0.1) is 6.92 Å². The Morgan fingerprint density at radius 2 is 1.62 bits per heavy atom. The molecule has 0 aliphatic rings. The molecule has 3 aromatic rings. The molecule has 1 unspecified atom stereocenters. The monoisotopic (exact) mass is 321 g/mol. The quantitative estimate of drug-likeness (QED) is 0.697. The normalized spacial score (nSPS) is 12.3. The van der Waals surface area contributed by atoms with Crippen molar-refractivity contribution in [3.05, 3.63) is 83.1 Å². The van der Waals surface area contributed by atoms with Crippen molar-refractivity contribution in [2.75, 3.05) is 0 Å². The molecule has 0 spiro atoms. The van der Waals surface area contributed by atoms with E-state index < -0.39 is 6.10 Å². The van der Waals surface area contributed by atoms with Crippen LogP contribution in [0.3, 0.4) is 0 Å². The van der Waals surface area contributed by atoms with Gasteiger partial charge in [-0.05, 0) is 37.1 Å². The van der Waals surface area contributed by atoms with E-state index in [4.69, 9.17) is 4.42 Å². The number of hydrogen-bond acceptors (Lipinski definition) is 3. The van der Waals surface area contributed by atoms with Crippen molar-refractivity contribution in [1.82, 2.24) is 5.32 Å². The largest absolute Gasteiger partial charge is 0.460 e. The Balaban J connectivity index is 1.58. The average Bonchev–Trinajstić information content (AvgIpc) is 3.06. The van der Waals surface area contributed by atoms with Crippen LogP contribution < -0.4 is 5.32 Å². The predicted molar refractivity (Wildman–Crippen MR) is 96.5 cm³/mol. The summed E-state index contributed by atoms with van der Waals surface area (Å²) in [5, 5.41) is 13.0. The number of aryl methyl sites for hydroxylation is 1. The van der Waals surface area contributed by atoms with Crippen LogP contribution in [0.2, 0.25) is 0 Å². The van der Waals surface area contributed by atoms with Crippen LogP contribution in [0.5, 0.6) is 0 Å². The zero-order valence-corrected chi connectivity index (χ0v) is 14.1. The first-order chi connectivity index (χ1) is 11.6. The van der Waals surface area contributed by atoms with Crippen molar-refractivity contribution in [2.24, 2.45) is 0 Å². The van der Waals surface area contributed by atoms with Gasteiger partial charge in [0.15, 0.2) is 0 Å². The highest BCUT2D eigenvalue weighted by Gasteiger charge is 2.06. The first-order valence-electron chi connectivity index (χ1n) is 8.25. The Morgan fingerprint density at radius 1 is 0.917 bits per heavy atom. The Bertz CT molecular complexity index is 770. The lowest BCUT2D eigenvalue weighted by Gasteiger charge is -2.05. The molecule has 2 aromatic carbocycles. The molecule has 0 radical (unpaired) electrons. The van der Waals surface area contributed by atoms with Crippen molar-refractivity contribution < 1.29 is 9.52 Å². The minimum atomic E-state index is -0.447. The van der Waals surface area contributed by atoms with Crippen molar-refractivity contribution in [2.45, 2.75) is 33.0 Å². The van der Waals surface area contributed by atoms with Crippen LogP contribution in [0.1, 0.15) is 35.5 Å². The van der Waals surface area contributed by atoms with E-state index in [9.17, 15) is 5.11 Å². The van der Waals surface area contributed by atoms with Gasteiger partial charge in [0.1, 0.15) is 11.5 Å². The van der Waals surface area contributed by atoms with E-state index in [1.165, 1.54) is 11.1 Å². The highest BCUT2D eigenvalue weighted by Crippen LogP contribution is 2.24. The molecule has 3 rings (SSSR count). The summed E-state index contributed by atoms with van der Waals surface area (Å²) < 4.78 is 5.90. The smallest absolute Gasteiger partial charge is 0.134 e. The van der Waals surface area contributed by atoms with Gasteiger partial charge in [0.05, 0.1) is 12.6 Å². The number of rotatable bonds is 6. The van der Waals surface area contributed by atoms with Gasteiger partial charge >= 0.3 is 0 Å². The molecule has 0 saturated carbocycles. The van der Waals surface area contributed by atoms with Gasteiger partial charge in [0.2, 0.25) is 0 Å².